The largest absolute Gasteiger partial charge is 0.445 e. The van der Waals surface area contributed by atoms with Gasteiger partial charge in [0.15, 0.2) is 0 Å². The topological polar surface area (TPSA) is 46.2 Å². The summed E-state index contributed by atoms with van der Waals surface area (Å²) in [5.74, 6) is 0. The van der Waals surface area contributed by atoms with Crippen LogP contribution in [0, 0.1) is 0 Å². The van der Waals surface area contributed by atoms with Gasteiger partial charge in [-0.15, -0.1) is 0 Å². The summed E-state index contributed by atoms with van der Waals surface area (Å²) >= 11 is 0. The summed E-state index contributed by atoms with van der Waals surface area (Å²) in [6.45, 7) is 4.40. The zero-order valence-corrected chi connectivity index (χ0v) is 15.0. The molecule has 0 atom stereocenters. The normalized spacial score (nSPS) is 16.0. The smallest absolute Gasteiger partial charge is 0.412 e. The summed E-state index contributed by atoms with van der Waals surface area (Å²) in [7, 11) is 0. The van der Waals surface area contributed by atoms with E-state index in [1.165, 1.54) is 4.90 Å². The number of benzene rings is 1. The lowest BCUT2D eigenvalue weighted by Gasteiger charge is -2.28. The van der Waals surface area contributed by atoms with Crippen LogP contribution >= 0.6 is 0 Å². The molecule has 7 heteroatoms. The Kier molecular flexibility index (Phi) is 6.85. The summed E-state index contributed by atoms with van der Waals surface area (Å²) in [6, 6.07) is 9.26. The number of quaternary nitrogens is 1. The van der Waals surface area contributed by atoms with Crippen LogP contribution in [0.4, 0.5) is 18.0 Å². The third-order valence-electron chi connectivity index (χ3n) is 4.18. The van der Waals surface area contributed by atoms with Crippen LogP contribution in [0.2, 0.25) is 0 Å². The molecule has 0 radical (unpaired) electrons. The number of carbonyl (C=O) groups is 1. The van der Waals surface area contributed by atoms with Crippen molar-refractivity contribution in [2.24, 2.45) is 0 Å². The molecule has 142 valence electrons. The molecule has 1 amide bonds. The maximum absolute atomic E-state index is 12.9. The third kappa shape index (κ3) is 5.62. The molecule has 1 aliphatic heterocycles. The molecule has 2 rings (SSSR count). The fraction of sp³-hybridized carbons (Fsp3) is 0.421. The van der Waals surface area contributed by atoms with E-state index in [-0.39, 0.29) is 13.2 Å². The second-order valence-corrected chi connectivity index (χ2v) is 6.20. The molecule has 1 heterocycles. The maximum atomic E-state index is 12.9. The molecule has 0 bridgehead atoms. The van der Waals surface area contributed by atoms with Crippen molar-refractivity contribution >= 4 is 6.09 Å². The van der Waals surface area contributed by atoms with E-state index < -0.39 is 17.8 Å². The molecule has 0 aromatic heterocycles. The first-order chi connectivity index (χ1) is 12.3. The van der Waals surface area contributed by atoms with Gasteiger partial charge in [-0.2, -0.15) is 13.2 Å². The monoisotopic (exact) mass is 369 g/mol. The van der Waals surface area contributed by atoms with Crippen molar-refractivity contribution in [3.8, 4) is 0 Å². The Bertz CT molecular complexity index is 682. The van der Waals surface area contributed by atoms with Gasteiger partial charge >= 0.3 is 12.3 Å². The van der Waals surface area contributed by atoms with Crippen LogP contribution in [0.5, 0.6) is 0 Å². The molecular formula is C19H24F3N2O2+. The van der Waals surface area contributed by atoms with Crippen LogP contribution in [0.25, 0.3) is 0 Å². The highest BCUT2D eigenvalue weighted by molar-refractivity contribution is 5.68. The Balaban J connectivity index is 2.08. The van der Waals surface area contributed by atoms with Gasteiger partial charge in [-0.1, -0.05) is 30.3 Å². The van der Waals surface area contributed by atoms with E-state index in [9.17, 15) is 18.0 Å². The van der Waals surface area contributed by atoms with E-state index in [1.807, 2.05) is 42.6 Å². The predicted molar refractivity (Wildman–Crippen MR) is 92.1 cm³/mol. The first-order valence-corrected chi connectivity index (χ1v) is 8.57. The van der Waals surface area contributed by atoms with E-state index in [0.717, 1.165) is 30.8 Å². The molecule has 26 heavy (non-hydrogen) atoms. The van der Waals surface area contributed by atoms with Crippen LogP contribution in [0.3, 0.4) is 0 Å². The molecule has 0 aliphatic carbocycles. The number of ether oxygens (including phenoxy) is 1. The Morgan fingerprint density at radius 1 is 1.31 bits per heavy atom. The molecule has 0 fully saturated rings. The third-order valence-corrected chi connectivity index (χ3v) is 4.18. The molecule has 0 saturated heterocycles. The molecule has 2 N–H and O–H groups in total. The average Bonchev–Trinajstić information content (AvgIpc) is 2.61. The van der Waals surface area contributed by atoms with Crippen molar-refractivity contribution in [2.75, 3.05) is 19.6 Å². The minimum Gasteiger partial charge on any atom is -0.445 e. The van der Waals surface area contributed by atoms with Crippen molar-refractivity contribution < 1.29 is 28.0 Å². The molecule has 0 saturated carbocycles. The number of hydrogen-bond donors (Lipinski definition) is 1. The molecule has 1 aromatic rings. The van der Waals surface area contributed by atoms with Gasteiger partial charge in [0.2, 0.25) is 0 Å². The summed E-state index contributed by atoms with van der Waals surface area (Å²) in [5, 5.41) is 1.92. The predicted octanol–water partition coefficient (Wildman–Crippen LogP) is 3.37. The maximum Gasteiger partial charge on any atom is 0.412 e. The van der Waals surface area contributed by atoms with Gasteiger partial charge in [0.1, 0.15) is 12.3 Å². The van der Waals surface area contributed by atoms with Gasteiger partial charge in [-0.3, -0.25) is 0 Å². The number of allylic oxidation sites excluding steroid dienone is 1. The highest BCUT2D eigenvalue weighted by Crippen LogP contribution is 2.27. The lowest BCUT2D eigenvalue weighted by molar-refractivity contribution is -0.606. The van der Waals surface area contributed by atoms with Crippen molar-refractivity contribution in [3.05, 3.63) is 58.8 Å². The van der Waals surface area contributed by atoms with Crippen LogP contribution in [-0.2, 0) is 11.3 Å². The number of alkyl halides is 3. The van der Waals surface area contributed by atoms with Gasteiger partial charge < -0.3 is 15.0 Å². The van der Waals surface area contributed by atoms with Crippen molar-refractivity contribution in [2.45, 2.75) is 33.1 Å². The van der Waals surface area contributed by atoms with Gasteiger partial charge in [-0.25, -0.2) is 4.79 Å². The first kappa shape index (κ1) is 20.0. The minimum absolute atomic E-state index is 0.118. The number of hydrogen-bond acceptors (Lipinski definition) is 2. The summed E-state index contributed by atoms with van der Waals surface area (Å²) in [4.78, 5) is 13.7. The Labute approximate surface area is 151 Å². The zero-order chi connectivity index (χ0) is 19.2. The summed E-state index contributed by atoms with van der Waals surface area (Å²) in [5.41, 5.74) is 1.57. The van der Waals surface area contributed by atoms with Gasteiger partial charge in [0.05, 0.1) is 13.1 Å². The molecule has 1 aromatic carbocycles. The number of rotatable bonds is 5. The first-order valence-electron chi connectivity index (χ1n) is 8.57. The Morgan fingerprint density at radius 3 is 2.62 bits per heavy atom. The number of nitrogens with two attached hydrogens (primary N) is 1. The molecule has 0 unspecified atom stereocenters. The van der Waals surface area contributed by atoms with E-state index >= 15 is 0 Å². The Morgan fingerprint density at radius 2 is 2.00 bits per heavy atom. The Hall–Kier alpha value is -2.28. The number of nitrogens with zero attached hydrogens (tertiary/aromatic N) is 1. The van der Waals surface area contributed by atoms with Crippen molar-refractivity contribution in [1.29, 1.82) is 0 Å². The van der Waals surface area contributed by atoms with E-state index in [2.05, 4.69) is 0 Å². The summed E-state index contributed by atoms with van der Waals surface area (Å²) in [6.07, 6.45) is -3.23. The highest BCUT2D eigenvalue weighted by Gasteiger charge is 2.32. The molecule has 4 nitrogen and oxygen atoms in total. The van der Waals surface area contributed by atoms with Crippen LogP contribution in [0.1, 0.15) is 25.8 Å². The van der Waals surface area contributed by atoms with Crippen LogP contribution in [-0.4, -0.2) is 36.8 Å². The second kappa shape index (κ2) is 8.89. The molecule has 1 aliphatic rings. The fourth-order valence-corrected chi connectivity index (χ4v) is 2.73. The lowest BCUT2D eigenvalue weighted by atomic mass is 10.0. The van der Waals surface area contributed by atoms with Crippen LogP contribution in [0.15, 0.2) is 53.3 Å². The standard InChI is InChI=1S/C19H23F3N2O2/c1-3-23-17-9-10-24(12-16(17)11-14(2)19(20,21)22)18(25)26-13-15-7-5-4-6-8-15/h4-8,11,23H,3,9-10,12-13H2,1-2H3/p+1/b14-11+. The summed E-state index contributed by atoms with van der Waals surface area (Å²) < 4.78 is 43.9. The zero-order valence-electron chi connectivity index (χ0n) is 15.0. The van der Waals surface area contributed by atoms with E-state index in [4.69, 9.17) is 4.74 Å². The van der Waals surface area contributed by atoms with Gasteiger partial charge in [0, 0.05) is 24.1 Å². The van der Waals surface area contributed by atoms with Gasteiger partial charge in [0.25, 0.3) is 0 Å². The van der Waals surface area contributed by atoms with Crippen LogP contribution < -0.4 is 5.32 Å². The average molecular weight is 369 g/mol. The lowest BCUT2D eigenvalue weighted by Crippen LogP contribution is -2.82. The number of halogens is 3. The van der Waals surface area contributed by atoms with Gasteiger partial charge in [-0.05, 0) is 25.5 Å². The number of carbonyl (C=O) groups excluding carboxylic acids is 1. The quantitative estimate of drug-likeness (QED) is 0.865. The SMILES string of the molecule is CC[NH2+]C1=C(/C=C(\C)C(F)(F)F)CN(C(=O)OCc2ccccc2)CC1. The molecule has 0 spiro atoms. The number of amides is 1. The van der Waals surface area contributed by atoms with E-state index in [1.54, 1.807) is 0 Å². The fourth-order valence-electron chi connectivity index (χ4n) is 2.73. The minimum atomic E-state index is -4.37. The van der Waals surface area contributed by atoms with E-state index in [0.29, 0.717) is 18.5 Å². The highest BCUT2D eigenvalue weighted by atomic mass is 19.4. The van der Waals surface area contributed by atoms with Crippen molar-refractivity contribution in [3.63, 3.8) is 0 Å². The second-order valence-electron chi connectivity index (χ2n) is 6.20. The molecular weight excluding hydrogens is 345 g/mol. The van der Waals surface area contributed by atoms with Crippen molar-refractivity contribution in [1.82, 2.24) is 4.90 Å².